The minimum atomic E-state index is -0.834. The van der Waals surface area contributed by atoms with Gasteiger partial charge in [0.1, 0.15) is 5.54 Å². The van der Waals surface area contributed by atoms with Crippen LogP contribution in [0.2, 0.25) is 0 Å². The number of nitrogens with zero attached hydrogens (tertiary/aromatic N) is 2. The number of aromatic nitrogens is 2. The van der Waals surface area contributed by atoms with E-state index < -0.39 is 11.5 Å². The molecule has 1 unspecified atom stereocenters. The number of hydrogen-bond acceptors (Lipinski definition) is 2. The molecule has 4 heteroatoms. The fraction of sp³-hybridized carbons (Fsp3) is 0.750. The second-order valence-electron chi connectivity index (χ2n) is 7.38. The van der Waals surface area contributed by atoms with E-state index in [-0.39, 0.29) is 5.92 Å². The van der Waals surface area contributed by atoms with Crippen LogP contribution in [-0.4, -0.2) is 20.6 Å². The van der Waals surface area contributed by atoms with E-state index in [1.165, 1.54) is 32.1 Å². The third-order valence-corrected chi connectivity index (χ3v) is 6.35. The van der Waals surface area contributed by atoms with Crippen molar-refractivity contribution >= 4 is 5.97 Å². The van der Waals surface area contributed by atoms with Gasteiger partial charge >= 0.3 is 5.97 Å². The Morgan fingerprint density at radius 3 is 2.25 bits per heavy atom. The van der Waals surface area contributed by atoms with Crippen LogP contribution >= 0.6 is 0 Å². The van der Waals surface area contributed by atoms with E-state index in [1.54, 1.807) is 12.5 Å². The van der Waals surface area contributed by atoms with E-state index in [9.17, 15) is 9.90 Å². The zero-order chi connectivity index (χ0) is 13.9. The van der Waals surface area contributed by atoms with Gasteiger partial charge in [-0.25, -0.2) is 9.78 Å². The van der Waals surface area contributed by atoms with Crippen LogP contribution in [0.3, 0.4) is 0 Å². The summed E-state index contributed by atoms with van der Waals surface area (Å²) in [4.78, 5) is 16.2. The molecule has 1 heterocycles. The molecule has 1 aromatic heterocycles. The highest BCUT2D eigenvalue weighted by molar-refractivity contribution is 5.77. The van der Waals surface area contributed by atoms with Crippen LogP contribution in [0.15, 0.2) is 18.7 Å². The Balaban J connectivity index is 1.76. The molecule has 0 aromatic carbocycles. The molecule has 4 nitrogen and oxygen atoms in total. The smallest absolute Gasteiger partial charge is 0.329 e. The molecule has 0 saturated heterocycles. The topological polar surface area (TPSA) is 55.1 Å². The molecule has 0 radical (unpaired) electrons. The minimum absolute atomic E-state index is 0.266. The van der Waals surface area contributed by atoms with E-state index >= 15 is 0 Å². The zero-order valence-electron chi connectivity index (χ0n) is 11.9. The van der Waals surface area contributed by atoms with Crippen LogP contribution in [0, 0.1) is 29.6 Å². The second-order valence-corrected chi connectivity index (χ2v) is 7.38. The minimum Gasteiger partial charge on any atom is -0.479 e. The quantitative estimate of drug-likeness (QED) is 0.922. The van der Waals surface area contributed by atoms with Crippen molar-refractivity contribution in [2.75, 3.05) is 0 Å². The van der Waals surface area contributed by atoms with Gasteiger partial charge in [0.2, 0.25) is 0 Å². The normalized spacial score (nSPS) is 41.5. The third-order valence-electron chi connectivity index (χ3n) is 6.35. The van der Waals surface area contributed by atoms with Crippen molar-refractivity contribution in [3.8, 4) is 0 Å². The molecule has 4 fully saturated rings. The Labute approximate surface area is 119 Å². The lowest BCUT2D eigenvalue weighted by Crippen LogP contribution is -2.57. The van der Waals surface area contributed by atoms with Gasteiger partial charge in [0.15, 0.2) is 0 Å². The molecule has 0 spiro atoms. The molecule has 4 aliphatic carbocycles. The van der Waals surface area contributed by atoms with E-state index in [0.717, 1.165) is 11.8 Å². The highest BCUT2D eigenvalue weighted by Gasteiger charge is 2.57. The average Bonchev–Trinajstić information content (AvgIpc) is 2.90. The number of carboxylic acid groups (broad SMARTS) is 1. The Morgan fingerprint density at radius 2 is 1.80 bits per heavy atom. The molecule has 0 aliphatic heterocycles. The van der Waals surface area contributed by atoms with Gasteiger partial charge in [-0.3, -0.25) is 0 Å². The Kier molecular flexibility index (Phi) is 2.54. The predicted octanol–water partition coefficient (Wildman–Crippen LogP) is 2.76. The van der Waals surface area contributed by atoms with Gasteiger partial charge in [-0.15, -0.1) is 0 Å². The maximum absolute atomic E-state index is 12.1. The summed E-state index contributed by atoms with van der Waals surface area (Å²) >= 11 is 0. The van der Waals surface area contributed by atoms with Crippen molar-refractivity contribution in [2.24, 2.45) is 29.6 Å². The summed E-state index contributed by atoms with van der Waals surface area (Å²) in [6, 6.07) is 0. The zero-order valence-corrected chi connectivity index (χ0v) is 11.9. The molecule has 1 N–H and O–H groups in total. The summed E-state index contributed by atoms with van der Waals surface area (Å²) in [5.74, 6) is 2.49. The van der Waals surface area contributed by atoms with Crippen molar-refractivity contribution in [3.05, 3.63) is 18.7 Å². The lowest BCUT2D eigenvalue weighted by molar-refractivity contribution is -0.161. The molecule has 1 atom stereocenters. The first-order chi connectivity index (χ1) is 9.59. The Morgan fingerprint density at radius 1 is 1.20 bits per heavy atom. The summed E-state index contributed by atoms with van der Waals surface area (Å²) in [6.45, 7) is 1.91. The average molecular weight is 274 g/mol. The van der Waals surface area contributed by atoms with E-state index in [1.807, 2.05) is 17.7 Å². The van der Waals surface area contributed by atoms with E-state index in [2.05, 4.69) is 4.98 Å². The molecular weight excluding hydrogens is 252 g/mol. The van der Waals surface area contributed by atoms with Crippen LogP contribution in [-0.2, 0) is 10.3 Å². The molecule has 0 amide bonds. The first-order valence-corrected chi connectivity index (χ1v) is 7.81. The van der Waals surface area contributed by atoms with Gasteiger partial charge in [0.05, 0.1) is 6.33 Å². The summed E-state index contributed by atoms with van der Waals surface area (Å²) in [5, 5.41) is 9.94. The van der Waals surface area contributed by atoms with Crippen LogP contribution in [0.5, 0.6) is 0 Å². The maximum Gasteiger partial charge on any atom is 0.329 e. The van der Waals surface area contributed by atoms with Gasteiger partial charge < -0.3 is 9.67 Å². The molecule has 4 saturated carbocycles. The monoisotopic (exact) mass is 274 g/mol. The van der Waals surface area contributed by atoms with Crippen molar-refractivity contribution in [2.45, 2.75) is 44.6 Å². The maximum atomic E-state index is 12.1. The highest BCUT2D eigenvalue weighted by atomic mass is 16.4. The van der Waals surface area contributed by atoms with Gasteiger partial charge in [-0.05, 0) is 68.6 Å². The number of imidazole rings is 1. The summed E-state index contributed by atoms with van der Waals surface area (Å²) in [5.41, 5.74) is -0.834. The number of rotatable bonds is 3. The molecule has 20 heavy (non-hydrogen) atoms. The first-order valence-electron chi connectivity index (χ1n) is 7.81. The van der Waals surface area contributed by atoms with Crippen LogP contribution in [0.4, 0.5) is 0 Å². The number of hydrogen-bond donors (Lipinski definition) is 1. The number of carboxylic acids is 1. The van der Waals surface area contributed by atoms with Gasteiger partial charge in [-0.2, -0.15) is 0 Å². The van der Waals surface area contributed by atoms with Gasteiger partial charge in [-0.1, -0.05) is 0 Å². The van der Waals surface area contributed by atoms with Crippen molar-refractivity contribution in [3.63, 3.8) is 0 Å². The predicted molar refractivity (Wildman–Crippen MR) is 74.0 cm³/mol. The lowest BCUT2D eigenvalue weighted by atomic mass is 9.48. The fourth-order valence-corrected chi connectivity index (χ4v) is 5.80. The van der Waals surface area contributed by atoms with Gasteiger partial charge in [0, 0.05) is 12.4 Å². The van der Waals surface area contributed by atoms with Crippen LogP contribution < -0.4 is 0 Å². The molecule has 1 aromatic rings. The number of aliphatic carboxylic acids is 1. The van der Waals surface area contributed by atoms with Crippen LogP contribution in [0.1, 0.15) is 39.0 Å². The Bertz CT molecular complexity index is 497. The molecule has 4 aliphatic rings. The molecular formula is C16H22N2O2. The Hall–Kier alpha value is -1.32. The summed E-state index contributed by atoms with van der Waals surface area (Å²) < 4.78 is 1.84. The van der Waals surface area contributed by atoms with Crippen molar-refractivity contribution in [1.82, 2.24) is 9.55 Å². The summed E-state index contributed by atoms with van der Waals surface area (Å²) in [7, 11) is 0. The fourth-order valence-electron chi connectivity index (χ4n) is 5.80. The SMILES string of the molecule is CC(C(=O)O)(C1C2CC3CC(C2)CC1C3)n1ccnc1. The van der Waals surface area contributed by atoms with Gasteiger partial charge in [0.25, 0.3) is 0 Å². The standard InChI is InChI=1S/C16H22N2O2/c1-16(15(19)20,18-3-2-17-9-18)14-12-5-10-4-11(7-12)8-13(14)6-10/h2-3,9-14H,4-8H2,1H3,(H,19,20). The van der Waals surface area contributed by atoms with E-state index in [4.69, 9.17) is 0 Å². The van der Waals surface area contributed by atoms with Crippen LogP contribution in [0.25, 0.3) is 0 Å². The highest BCUT2D eigenvalue weighted by Crippen LogP contribution is 2.60. The largest absolute Gasteiger partial charge is 0.479 e. The molecule has 4 bridgehead atoms. The van der Waals surface area contributed by atoms with E-state index in [0.29, 0.717) is 11.8 Å². The first kappa shape index (κ1) is 12.4. The lowest BCUT2D eigenvalue weighted by Gasteiger charge is -2.58. The number of carbonyl (C=O) groups is 1. The summed E-state index contributed by atoms with van der Waals surface area (Å²) in [6.07, 6.45) is 11.6. The molecule has 5 rings (SSSR count). The molecule has 108 valence electrons. The third kappa shape index (κ3) is 1.54. The van der Waals surface area contributed by atoms with Crippen molar-refractivity contribution < 1.29 is 9.90 Å². The van der Waals surface area contributed by atoms with Crippen molar-refractivity contribution in [1.29, 1.82) is 0 Å². The second kappa shape index (κ2) is 4.09.